The maximum Gasteiger partial charge on any atom is 0.0556 e. The quantitative estimate of drug-likeness (QED) is 0.509. The second-order valence-electron chi connectivity index (χ2n) is 1.93. The van der Waals surface area contributed by atoms with Crippen LogP contribution in [0.25, 0.3) is 0 Å². The first-order valence-corrected chi connectivity index (χ1v) is 4.78. The number of ether oxygens (including phenoxy) is 1. The number of carboxylic acids is 1. The predicted molar refractivity (Wildman–Crippen MR) is 43.4 cm³/mol. The molecule has 0 saturated carbocycles. The van der Waals surface area contributed by atoms with Gasteiger partial charge in [-0.1, -0.05) is 6.92 Å². The van der Waals surface area contributed by atoms with E-state index < -0.39 is 5.97 Å². The molecule has 11 heavy (non-hydrogen) atoms. The third kappa shape index (κ3) is 9.78. The van der Waals surface area contributed by atoms with E-state index in [4.69, 9.17) is 4.74 Å². The SMILES string of the molecule is CCSCCOCCC(=O)[O-]. The zero-order valence-corrected chi connectivity index (χ0v) is 7.49. The Bertz CT molecular complexity index is 106. The second-order valence-corrected chi connectivity index (χ2v) is 3.33. The molecule has 0 aromatic carbocycles. The number of carboxylic acid groups (broad SMARTS) is 1. The van der Waals surface area contributed by atoms with E-state index in [9.17, 15) is 9.90 Å². The van der Waals surface area contributed by atoms with Crippen LogP contribution in [0.4, 0.5) is 0 Å². The summed E-state index contributed by atoms with van der Waals surface area (Å²) >= 11 is 1.78. The molecule has 0 unspecified atom stereocenters. The zero-order valence-electron chi connectivity index (χ0n) is 6.67. The lowest BCUT2D eigenvalue weighted by Crippen LogP contribution is -2.23. The van der Waals surface area contributed by atoms with E-state index in [1.54, 1.807) is 11.8 Å². The predicted octanol–water partition coefficient (Wildman–Crippen LogP) is -0.104. The van der Waals surface area contributed by atoms with Gasteiger partial charge in [-0.05, 0) is 5.75 Å². The highest BCUT2D eigenvalue weighted by molar-refractivity contribution is 7.99. The molecule has 0 spiro atoms. The van der Waals surface area contributed by atoms with Gasteiger partial charge in [-0.3, -0.25) is 0 Å². The molecular weight excluding hydrogens is 164 g/mol. The number of carbonyl (C=O) groups excluding carboxylic acids is 1. The van der Waals surface area contributed by atoms with Crippen LogP contribution in [0.3, 0.4) is 0 Å². The molecule has 0 aromatic heterocycles. The number of thioether (sulfide) groups is 1. The molecule has 0 aromatic rings. The molecule has 0 aliphatic heterocycles. The minimum Gasteiger partial charge on any atom is -0.550 e. The molecule has 0 radical (unpaired) electrons. The average molecular weight is 177 g/mol. The first-order valence-electron chi connectivity index (χ1n) is 3.62. The van der Waals surface area contributed by atoms with Crippen LogP contribution in [0.2, 0.25) is 0 Å². The molecule has 0 aliphatic carbocycles. The summed E-state index contributed by atoms with van der Waals surface area (Å²) in [6, 6.07) is 0. The molecule has 0 fully saturated rings. The molecule has 0 amide bonds. The van der Waals surface area contributed by atoms with Crippen LogP contribution in [0, 0.1) is 0 Å². The summed E-state index contributed by atoms with van der Waals surface area (Å²) in [5.41, 5.74) is 0. The van der Waals surface area contributed by atoms with Crippen molar-refractivity contribution >= 4 is 17.7 Å². The highest BCUT2D eigenvalue weighted by atomic mass is 32.2. The first-order chi connectivity index (χ1) is 5.27. The Morgan fingerprint density at radius 1 is 1.55 bits per heavy atom. The molecule has 0 aliphatic rings. The Kier molecular flexibility index (Phi) is 7.72. The number of carbonyl (C=O) groups is 1. The molecule has 4 heteroatoms. The van der Waals surface area contributed by atoms with Gasteiger partial charge in [-0.15, -0.1) is 0 Å². The summed E-state index contributed by atoms with van der Waals surface area (Å²) < 4.78 is 5.00. The van der Waals surface area contributed by atoms with Gasteiger partial charge in [0.2, 0.25) is 0 Å². The van der Waals surface area contributed by atoms with Crippen molar-refractivity contribution in [1.82, 2.24) is 0 Å². The summed E-state index contributed by atoms with van der Waals surface area (Å²) in [6.45, 7) is 2.98. The van der Waals surface area contributed by atoms with Gasteiger partial charge >= 0.3 is 0 Å². The summed E-state index contributed by atoms with van der Waals surface area (Å²) in [6.07, 6.45) is -0.00318. The number of hydrogen-bond acceptors (Lipinski definition) is 4. The second kappa shape index (κ2) is 7.88. The van der Waals surface area contributed by atoms with Crippen molar-refractivity contribution < 1.29 is 14.6 Å². The van der Waals surface area contributed by atoms with Crippen molar-refractivity contribution in [3.63, 3.8) is 0 Å². The Labute approximate surface area is 71.1 Å². The lowest BCUT2D eigenvalue weighted by atomic mass is 10.5. The zero-order chi connectivity index (χ0) is 8.53. The summed E-state index contributed by atoms with van der Waals surface area (Å²) in [4.78, 5) is 9.89. The van der Waals surface area contributed by atoms with Crippen LogP contribution in [-0.2, 0) is 9.53 Å². The molecule has 0 N–H and O–H groups in total. The average Bonchev–Trinajstić information content (AvgIpc) is 1.96. The van der Waals surface area contributed by atoms with Crippen molar-refractivity contribution in [2.45, 2.75) is 13.3 Å². The van der Waals surface area contributed by atoms with Crippen LogP contribution in [0.15, 0.2) is 0 Å². The molecule has 66 valence electrons. The van der Waals surface area contributed by atoms with E-state index in [1.165, 1.54) is 0 Å². The van der Waals surface area contributed by atoms with Crippen molar-refractivity contribution in [3.8, 4) is 0 Å². The third-order valence-electron chi connectivity index (χ3n) is 1.03. The molecule has 0 saturated heterocycles. The molecule has 0 bridgehead atoms. The maximum absolute atomic E-state index is 9.89. The lowest BCUT2D eigenvalue weighted by molar-refractivity contribution is -0.306. The third-order valence-corrected chi connectivity index (χ3v) is 1.89. The summed E-state index contributed by atoms with van der Waals surface area (Å²) in [5, 5.41) is 9.89. The van der Waals surface area contributed by atoms with Gasteiger partial charge in [0, 0.05) is 18.1 Å². The van der Waals surface area contributed by atoms with E-state index in [-0.39, 0.29) is 13.0 Å². The van der Waals surface area contributed by atoms with E-state index in [2.05, 4.69) is 6.92 Å². The van der Waals surface area contributed by atoms with Gasteiger partial charge < -0.3 is 14.6 Å². The number of rotatable bonds is 7. The standard InChI is InChI=1S/C7H14O3S/c1-2-11-6-5-10-4-3-7(8)9/h2-6H2,1H3,(H,8,9)/p-1. The Balaban J connectivity index is 2.85. The van der Waals surface area contributed by atoms with Crippen molar-refractivity contribution in [2.75, 3.05) is 24.7 Å². The fraction of sp³-hybridized carbons (Fsp3) is 0.857. The van der Waals surface area contributed by atoms with Crippen molar-refractivity contribution in [3.05, 3.63) is 0 Å². The Hall–Kier alpha value is -0.220. The number of hydrogen-bond donors (Lipinski definition) is 0. The maximum atomic E-state index is 9.89. The molecular formula is C7H13O3S-. The topological polar surface area (TPSA) is 49.4 Å². The highest BCUT2D eigenvalue weighted by Gasteiger charge is 1.88. The molecule has 0 atom stereocenters. The van der Waals surface area contributed by atoms with Gasteiger partial charge in [-0.25, -0.2) is 0 Å². The normalized spacial score (nSPS) is 9.91. The van der Waals surface area contributed by atoms with Crippen LogP contribution >= 0.6 is 11.8 Å². The largest absolute Gasteiger partial charge is 0.550 e. The van der Waals surface area contributed by atoms with Gasteiger partial charge in [0.05, 0.1) is 13.2 Å². The minimum atomic E-state index is -1.05. The van der Waals surface area contributed by atoms with Crippen LogP contribution in [-0.4, -0.2) is 30.7 Å². The monoisotopic (exact) mass is 177 g/mol. The fourth-order valence-corrected chi connectivity index (χ4v) is 1.04. The Morgan fingerprint density at radius 2 is 2.27 bits per heavy atom. The van der Waals surface area contributed by atoms with Crippen LogP contribution in [0.5, 0.6) is 0 Å². The van der Waals surface area contributed by atoms with Crippen molar-refractivity contribution in [2.24, 2.45) is 0 Å². The summed E-state index contributed by atoms with van der Waals surface area (Å²) in [5.74, 6) is 0.959. The van der Waals surface area contributed by atoms with E-state index in [0.29, 0.717) is 6.61 Å². The lowest BCUT2D eigenvalue weighted by Gasteiger charge is -2.03. The van der Waals surface area contributed by atoms with Crippen LogP contribution < -0.4 is 5.11 Å². The van der Waals surface area contributed by atoms with Crippen molar-refractivity contribution in [1.29, 1.82) is 0 Å². The van der Waals surface area contributed by atoms with E-state index in [0.717, 1.165) is 11.5 Å². The molecule has 0 heterocycles. The van der Waals surface area contributed by atoms with Gasteiger partial charge in [0.25, 0.3) is 0 Å². The van der Waals surface area contributed by atoms with Gasteiger partial charge in [0.1, 0.15) is 0 Å². The van der Waals surface area contributed by atoms with Crippen LogP contribution in [0.1, 0.15) is 13.3 Å². The number of aliphatic carboxylic acids is 1. The minimum absolute atomic E-state index is 0.00318. The molecule has 0 rings (SSSR count). The first kappa shape index (κ1) is 10.8. The van der Waals surface area contributed by atoms with Gasteiger partial charge in [-0.2, -0.15) is 11.8 Å². The summed E-state index contributed by atoms with van der Waals surface area (Å²) in [7, 11) is 0. The molecule has 3 nitrogen and oxygen atoms in total. The van der Waals surface area contributed by atoms with Gasteiger partial charge in [0.15, 0.2) is 0 Å². The highest BCUT2D eigenvalue weighted by Crippen LogP contribution is 1.97. The Morgan fingerprint density at radius 3 is 2.82 bits per heavy atom. The van der Waals surface area contributed by atoms with E-state index in [1.807, 2.05) is 0 Å². The smallest absolute Gasteiger partial charge is 0.0556 e. The van der Waals surface area contributed by atoms with E-state index >= 15 is 0 Å². The fourth-order valence-electron chi connectivity index (χ4n) is 0.520.